The normalized spacial score (nSPS) is 20.2. The molecule has 0 N–H and O–H groups in total. The molecule has 0 atom stereocenters. The Morgan fingerprint density at radius 1 is 1.36 bits per heavy atom. The lowest BCUT2D eigenvalue weighted by atomic mass is 10.2. The number of likely N-dealkylation sites (tertiary alicyclic amines) is 1. The van der Waals surface area contributed by atoms with Gasteiger partial charge in [0.15, 0.2) is 0 Å². The molecule has 11 heavy (non-hydrogen) atoms. The second-order valence-corrected chi connectivity index (χ2v) is 3.06. The van der Waals surface area contributed by atoms with Crippen LogP contribution in [0, 0.1) is 0 Å². The van der Waals surface area contributed by atoms with Crippen LogP contribution in [0.5, 0.6) is 0 Å². The standard InChI is InChI=1S/C8H17NO2/c1-9-6-8(7-9)11-5-3-4-10-2/h8H,3-7H2,1-2H3. The molecule has 1 heterocycles. The van der Waals surface area contributed by atoms with E-state index in [0.29, 0.717) is 6.10 Å². The largest absolute Gasteiger partial charge is 0.385 e. The van der Waals surface area contributed by atoms with Crippen molar-refractivity contribution in [1.82, 2.24) is 4.90 Å². The number of likely N-dealkylation sites (N-methyl/N-ethyl adjacent to an activating group) is 1. The fourth-order valence-corrected chi connectivity index (χ4v) is 1.20. The van der Waals surface area contributed by atoms with Gasteiger partial charge >= 0.3 is 0 Å². The molecule has 66 valence electrons. The van der Waals surface area contributed by atoms with Crippen LogP contribution >= 0.6 is 0 Å². The lowest BCUT2D eigenvalue weighted by Gasteiger charge is -2.35. The molecule has 0 unspecified atom stereocenters. The van der Waals surface area contributed by atoms with E-state index in [1.165, 1.54) is 0 Å². The van der Waals surface area contributed by atoms with Crippen molar-refractivity contribution in [1.29, 1.82) is 0 Å². The average Bonchev–Trinajstić information content (AvgIpc) is 1.94. The highest BCUT2D eigenvalue weighted by molar-refractivity contribution is 4.76. The summed E-state index contributed by atoms with van der Waals surface area (Å²) in [6.45, 7) is 3.83. The second kappa shape index (κ2) is 4.70. The van der Waals surface area contributed by atoms with Gasteiger partial charge in [-0.2, -0.15) is 0 Å². The highest BCUT2D eigenvalue weighted by Gasteiger charge is 2.22. The first-order valence-corrected chi connectivity index (χ1v) is 4.12. The zero-order valence-corrected chi connectivity index (χ0v) is 7.38. The predicted molar refractivity (Wildman–Crippen MR) is 43.7 cm³/mol. The van der Waals surface area contributed by atoms with Crippen molar-refractivity contribution in [3.8, 4) is 0 Å². The van der Waals surface area contributed by atoms with Crippen LogP contribution in [0.3, 0.4) is 0 Å². The smallest absolute Gasteiger partial charge is 0.0828 e. The van der Waals surface area contributed by atoms with Crippen LogP contribution in [0.2, 0.25) is 0 Å². The Morgan fingerprint density at radius 3 is 2.64 bits per heavy atom. The average molecular weight is 159 g/mol. The first-order valence-electron chi connectivity index (χ1n) is 4.12. The number of ether oxygens (including phenoxy) is 2. The molecule has 1 rings (SSSR count). The molecule has 0 aromatic carbocycles. The van der Waals surface area contributed by atoms with Crippen molar-refractivity contribution in [2.75, 3.05) is 40.5 Å². The zero-order chi connectivity index (χ0) is 8.10. The van der Waals surface area contributed by atoms with E-state index in [9.17, 15) is 0 Å². The summed E-state index contributed by atoms with van der Waals surface area (Å²) in [6, 6.07) is 0. The fourth-order valence-electron chi connectivity index (χ4n) is 1.20. The molecule has 3 nitrogen and oxygen atoms in total. The van der Waals surface area contributed by atoms with Gasteiger partial charge in [0.25, 0.3) is 0 Å². The number of rotatable bonds is 5. The van der Waals surface area contributed by atoms with Crippen molar-refractivity contribution >= 4 is 0 Å². The molecule has 1 aliphatic rings. The Hall–Kier alpha value is -0.120. The summed E-state index contributed by atoms with van der Waals surface area (Å²) in [5.41, 5.74) is 0. The quantitative estimate of drug-likeness (QED) is 0.540. The lowest BCUT2D eigenvalue weighted by Crippen LogP contribution is -2.49. The zero-order valence-electron chi connectivity index (χ0n) is 7.38. The van der Waals surface area contributed by atoms with Crippen LogP contribution in [-0.2, 0) is 9.47 Å². The highest BCUT2D eigenvalue weighted by Crippen LogP contribution is 2.08. The summed E-state index contributed by atoms with van der Waals surface area (Å²) in [7, 11) is 3.83. The molecule has 0 saturated carbocycles. The second-order valence-electron chi connectivity index (χ2n) is 3.06. The Bertz CT molecular complexity index is 102. The van der Waals surface area contributed by atoms with Gasteiger partial charge in [-0.05, 0) is 13.5 Å². The molecule has 1 saturated heterocycles. The maximum Gasteiger partial charge on any atom is 0.0828 e. The third-order valence-corrected chi connectivity index (χ3v) is 1.88. The van der Waals surface area contributed by atoms with E-state index in [2.05, 4.69) is 11.9 Å². The number of nitrogens with zero attached hydrogens (tertiary/aromatic N) is 1. The van der Waals surface area contributed by atoms with Gasteiger partial charge < -0.3 is 14.4 Å². The lowest BCUT2D eigenvalue weighted by molar-refractivity contribution is -0.0474. The van der Waals surface area contributed by atoms with Gasteiger partial charge in [-0.1, -0.05) is 0 Å². The van der Waals surface area contributed by atoms with Crippen molar-refractivity contribution in [2.24, 2.45) is 0 Å². The van der Waals surface area contributed by atoms with Crippen LogP contribution in [0.15, 0.2) is 0 Å². The summed E-state index contributed by atoms with van der Waals surface area (Å²) >= 11 is 0. The summed E-state index contributed by atoms with van der Waals surface area (Å²) in [5, 5.41) is 0. The van der Waals surface area contributed by atoms with Crippen LogP contribution < -0.4 is 0 Å². The van der Waals surface area contributed by atoms with E-state index in [0.717, 1.165) is 32.7 Å². The summed E-state index contributed by atoms with van der Waals surface area (Å²) in [6.07, 6.45) is 1.49. The Morgan fingerprint density at radius 2 is 2.09 bits per heavy atom. The number of hydrogen-bond donors (Lipinski definition) is 0. The van der Waals surface area contributed by atoms with E-state index >= 15 is 0 Å². The van der Waals surface area contributed by atoms with Crippen molar-refractivity contribution in [3.05, 3.63) is 0 Å². The van der Waals surface area contributed by atoms with Gasteiger partial charge in [0.2, 0.25) is 0 Å². The predicted octanol–water partition coefficient (Wildman–Crippen LogP) is 0.353. The molecular formula is C8H17NO2. The van der Waals surface area contributed by atoms with Gasteiger partial charge in [0.05, 0.1) is 6.10 Å². The minimum absolute atomic E-state index is 0.483. The van der Waals surface area contributed by atoms with Crippen LogP contribution in [0.25, 0.3) is 0 Å². The van der Waals surface area contributed by atoms with Crippen LogP contribution in [0.1, 0.15) is 6.42 Å². The molecule has 0 amide bonds. The number of methoxy groups -OCH3 is 1. The molecule has 0 radical (unpaired) electrons. The molecule has 1 fully saturated rings. The van der Waals surface area contributed by atoms with E-state index < -0.39 is 0 Å². The maximum absolute atomic E-state index is 5.53. The monoisotopic (exact) mass is 159 g/mol. The summed E-state index contributed by atoms with van der Waals surface area (Å²) in [4.78, 5) is 2.25. The third kappa shape index (κ3) is 3.18. The van der Waals surface area contributed by atoms with Gasteiger partial charge in [0.1, 0.15) is 0 Å². The first kappa shape index (κ1) is 8.97. The van der Waals surface area contributed by atoms with Crippen molar-refractivity contribution in [2.45, 2.75) is 12.5 Å². The molecule has 0 aliphatic carbocycles. The highest BCUT2D eigenvalue weighted by atomic mass is 16.5. The Labute approximate surface area is 68.3 Å². The van der Waals surface area contributed by atoms with Gasteiger partial charge in [-0.3, -0.25) is 0 Å². The topological polar surface area (TPSA) is 21.7 Å². The van der Waals surface area contributed by atoms with Crippen LogP contribution in [0.4, 0.5) is 0 Å². The van der Waals surface area contributed by atoms with Crippen molar-refractivity contribution in [3.63, 3.8) is 0 Å². The number of hydrogen-bond acceptors (Lipinski definition) is 3. The maximum atomic E-state index is 5.53. The van der Waals surface area contributed by atoms with Gasteiger partial charge in [-0.25, -0.2) is 0 Å². The van der Waals surface area contributed by atoms with Gasteiger partial charge in [-0.15, -0.1) is 0 Å². The molecule has 0 aromatic rings. The van der Waals surface area contributed by atoms with E-state index in [1.54, 1.807) is 7.11 Å². The van der Waals surface area contributed by atoms with Crippen molar-refractivity contribution < 1.29 is 9.47 Å². The molecule has 0 bridgehead atoms. The Balaban J connectivity index is 1.81. The van der Waals surface area contributed by atoms with E-state index in [1.807, 2.05) is 0 Å². The molecule has 0 aromatic heterocycles. The fraction of sp³-hybridized carbons (Fsp3) is 1.00. The SMILES string of the molecule is COCCCOC1CN(C)C1. The molecule has 0 spiro atoms. The summed E-state index contributed by atoms with van der Waals surface area (Å²) in [5.74, 6) is 0. The molecule has 3 heteroatoms. The minimum atomic E-state index is 0.483. The third-order valence-electron chi connectivity index (χ3n) is 1.88. The van der Waals surface area contributed by atoms with Gasteiger partial charge in [0, 0.05) is 33.4 Å². The molecule has 1 aliphatic heterocycles. The van der Waals surface area contributed by atoms with E-state index in [-0.39, 0.29) is 0 Å². The van der Waals surface area contributed by atoms with E-state index in [4.69, 9.17) is 9.47 Å². The minimum Gasteiger partial charge on any atom is -0.385 e. The summed E-state index contributed by atoms with van der Waals surface area (Å²) < 4.78 is 10.4. The Kier molecular flexibility index (Phi) is 3.83. The van der Waals surface area contributed by atoms with Crippen LogP contribution in [-0.4, -0.2) is 51.5 Å². The molecular weight excluding hydrogens is 142 g/mol. The first-order chi connectivity index (χ1) is 5.33.